The van der Waals surface area contributed by atoms with Crippen LogP contribution in [0.3, 0.4) is 0 Å². The molecule has 3 rings (SSSR count). The molecule has 0 spiro atoms. The van der Waals surface area contributed by atoms with Crippen LogP contribution >= 0.6 is 0 Å². The van der Waals surface area contributed by atoms with E-state index >= 15 is 0 Å². The van der Waals surface area contributed by atoms with Crippen LogP contribution in [-0.2, 0) is 6.54 Å². The zero-order chi connectivity index (χ0) is 14.7. The summed E-state index contributed by atoms with van der Waals surface area (Å²) in [5.74, 6) is 0. The highest BCUT2D eigenvalue weighted by Gasteiger charge is 2.43. The van der Waals surface area contributed by atoms with Gasteiger partial charge in [0.2, 0.25) is 0 Å². The minimum Gasteiger partial charge on any atom is -0.337 e. The average molecular weight is 288 g/mol. The molecule has 1 aromatic heterocycles. The summed E-state index contributed by atoms with van der Waals surface area (Å²) in [6.07, 6.45) is 14.4. The summed E-state index contributed by atoms with van der Waals surface area (Å²) >= 11 is 0. The van der Waals surface area contributed by atoms with Gasteiger partial charge in [-0.3, -0.25) is 0 Å². The lowest BCUT2D eigenvalue weighted by Crippen LogP contribution is -2.45. The summed E-state index contributed by atoms with van der Waals surface area (Å²) in [5.41, 5.74) is 0.240. The van der Waals surface area contributed by atoms with Crippen molar-refractivity contribution in [1.29, 1.82) is 0 Å². The van der Waals surface area contributed by atoms with Crippen molar-refractivity contribution in [3.63, 3.8) is 0 Å². The SMILES string of the molecule is CCC[C@@H]1C=CCN1C(=O)NCC1(Cn2ccnc2)CC1. The Morgan fingerprint density at radius 1 is 1.48 bits per heavy atom. The van der Waals surface area contributed by atoms with Crippen LogP contribution in [0, 0.1) is 5.41 Å². The lowest BCUT2D eigenvalue weighted by atomic mass is 10.1. The van der Waals surface area contributed by atoms with E-state index < -0.39 is 0 Å². The monoisotopic (exact) mass is 288 g/mol. The molecule has 114 valence electrons. The maximum atomic E-state index is 12.4. The molecule has 0 radical (unpaired) electrons. The molecule has 0 saturated heterocycles. The number of hydrogen-bond donors (Lipinski definition) is 1. The summed E-state index contributed by atoms with van der Waals surface area (Å²) in [5, 5.41) is 3.14. The van der Waals surface area contributed by atoms with Gasteiger partial charge in [0.25, 0.3) is 0 Å². The van der Waals surface area contributed by atoms with E-state index in [0.717, 1.165) is 32.5 Å². The van der Waals surface area contributed by atoms with Crippen molar-refractivity contribution in [2.45, 2.75) is 45.2 Å². The molecular formula is C16H24N4O. The number of urea groups is 1. The van der Waals surface area contributed by atoms with Gasteiger partial charge in [0.15, 0.2) is 0 Å². The van der Waals surface area contributed by atoms with Gasteiger partial charge in [-0.25, -0.2) is 9.78 Å². The number of imidazole rings is 1. The Labute approximate surface area is 126 Å². The standard InChI is InChI=1S/C16H24N4O/c1-2-4-14-5-3-9-20(14)15(21)18-11-16(6-7-16)12-19-10-8-17-13-19/h3,5,8,10,13-14H,2,4,6-7,9,11-12H2,1H3,(H,18,21)/t14-/m1/s1. The van der Waals surface area contributed by atoms with E-state index in [0.29, 0.717) is 0 Å². The van der Waals surface area contributed by atoms with E-state index in [9.17, 15) is 4.79 Å². The number of nitrogens with zero attached hydrogens (tertiary/aromatic N) is 3. The maximum Gasteiger partial charge on any atom is 0.318 e. The first-order valence-corrected chi connectivity index (χ1v) is 7.89. The zero-order valence-corrected chi connectivity index (χ0v) is 12.7. The highest BCUT2D eigenvalue weighted by Crippen LogP contribution is 2.46. The quantitative estimate of drug-likeness (QED) is 0.817. The Morgan fingerprint density at radius 3 is 3.00 bits per heavy atom. The molecule has 0 bridgehead atoms. The lowest BCUT2D eigenvalue weighted by molar-refractivity contribution is 0.191. The molecule has 1 atom stereocenters. The van der Waals surface area contributed by atoms with E-state index in [-0.39, 0.29) is 17.5 Å². The van der Waals surface area contributed by atoms with Crippen molar-refractivity contribution in [3.8, 4) is 0 Å². The van der Waals surface area contributed by atoms with Crippen molar-refractivity contribution in [1.82, 2.24) is 19.8 Å². The van der Waals surface area contributed by atoms with Gasteiger partial charge < -0.3 is 14.8 Å². The topological polar surface area (TPSA) is 50.2 Å². The van der Waals surface area contributed by atoms with E-state index in [1.54, 1.807) is 6.20 Å². The number of carbonyl (C=O) groups excluding carboxylic acids is 1. The van der Waals surface area contributed by atoms with Crippen molar-refractivity contribution in [3.05, 3.63) is 30.9 Å². The van der Waals surface area contributed by atoms with Gasteiger partial charge in [-0.15, -0.1) is 0 Å². The molecule has 0 unspecified atom stereocenters. The molecule has 1 saturated carbocycles. The summed E-state index contributed by atoms with van der Waals surface area (Å²) in [6.45, 7) is 4.61. The molecule has 2 aliphatic rings. The normalized spacial score (nSPS) is 22.5. The molecule has 1 aliphatic heterocycles. The van der Waals surface area contributed by atoms with Gasteiger partial charge in [-0.05, 0) is 19.3 Å². The number of rotatable bonds is 6. The summed E-state index contributed by atoms with van der Waals surface area (Å²) in [4.78, 5) is 18.4. The van der Waals surface area contributed by atoms with Gasteiger partial charge in [0.1, 0.15) is 0 Å². The Kier molecular flexibility index (Phi) is 3.99. The minimum absolute atomic E-state index is 0.0790. The van der Waals surface area contributed by atoms with Crippen LogP contribution in [-0.4, -0.2) is 39.6 Å². The third-order valence-electron chi connectivity index (χ3n) is 4.55. The Bertz CT molecular complexity index is 504. The Hall–Kier alpha value is -1.78. The minimum atomic E-state index is 0.0790. The highest BCUT2D eigenvalue weighted by atomic mass is 16.2. The van der Waals surface area contributed by atoms with Crippen molar-refractivity contribution >= 4 is 6.03 Å². The predicted molar refractivity (Wildman–Crippen MR) is 81.8 cm³/mol. The molecule has 0 aromatic carbocycles. The lowest BCUT2D eigenvalue weighted by Gasteiger charge is -2.26. The van der Waals surface area contributed by atoms with E-state index in [1.165, 1.54) is 12.8 Å². The van der Waals surface area contributed by atoms with Crippen LogP contribution in [0.25, 0.3) is 0 Å². The molecule has 1 aliphatic carbocycles. The summed E-state index contributed by atoms with van der Waals surface area (Å²) in [6, 6.07) is 0.356. The first kappa shape index (κ1) is 14.2. The third kappa shape index (κ3) is 3.28. The molecule has 1 fully saturated rings. The zero-order valence-electron chi connectivity index (χ0n) is 12.7. The van der Waals surface area contributed by atoms with Crippen LogP contribution in [0.4, 0.5) is 4.79 Å². The van der Waals surface area contributed by atoms with Crippen LogP contribution in [0.5, 0.6) is 0 Å². The molecule has 1 N–H and O–H groups in total. The smallest absolute Gasteiger partial charge is 0.318 e. The van der Waals surface area contributed by atoms with Gasteiger partial charge in [0.05, 0.1) is 12.4 Å². The summed E-state index contributed by atoms with van der Waals surface area (Å²) < 4.78 is 2.11. The Balaban J connectivity index is 1.49. The maximum absolute atomic E-state index is 12.4. The number of amides is 2. The van der Waals surface area contributed by atoms with Gasteiger partial charge in [-0.2, -0.15) is 0 Å². The molecule has 1 aromatic rings. The van der Waals surface area contributed by atoms with Crippen LogP contribution < -0.4 is 5.32 Å². The van der Waals surface area contributed by atoms with Crippen LogP contribution in [0.2, 0.25) is 0 Å². The van der Waals surface area contributed by atoms with E-state index in [4.69, 9.17) is 0 Å². The third-order valence-corrected chi connectivity index (χ3v) is 4.55. The van der Waals surface area contributed by atoms with Crippen molar-refractivity contribution in [2.75, 3.05) is 13.1 Å². The largest absolute Gasteiger partial charge is 0.337 e. The number of hydrogen-bond acceptors (Lipinski definition) is 2. The van der Waals surface area contributed by atoms with Crippen molar-refractivity contribution < 1.29 is 4.79 Å². The first-order valence-electron chi connectivity index (χ1n) is 7.89. The fourth-order valence-electron chi connectivity index (χ4n) is 3.05. The number of aromatic nitrogens is 2. The summed E-state index contributed by atoms with van der Waals surface area (Å²) in [7, 11) is 0. The fourth-order valence-corrected chi connectivity index (χ4v) is 3.05. The van der Waals surface area contributed by atoms with E-state index in [2.05, 4.69) is 33.9 Å². The predicted octanol–water partition coefficient (Wildman–Crippen LogP) is 2.41. The van der Waals surface area contributed by atoms with E-state index in [1.807, 2.05) is 17.4 Å². The second-order valence-electron chi connectivity index (χ2n) is 6.33. The molecule has 21 heavy (non-hydrogen) atoms. The highest BCUT2D eigenvalue weighted by molar-refractivity contribution is 5.75. The molecule has 5 nitrogen and oxygen atoms in total. The number of nitrogens with one attached hydrogen (secondary N) is 1. The number of carbonyl (C=O) groups is 1. The van der Waals surface area contributed by atoms with Gasteiger partial charge in [-0.1, -0.05) is 25.5 Å². The van der Waals surface area contributed by atoms with Crippen molar-refractivity contribution in [2.24, 2.45) is 5.41 Å². The average Bonchev–Trinajstić information content (AvgIpc) is 2.89. The fraction of sp³-hybridized carbons (Fsp3) is 0.625. The molecule has 2 amide bonds. The molecule has 2 heterocycles. The van der Waals surface area contributed by atoms with Crippen LogP contribution in [0.1, 0.15) is 32.6 Å². The van der Waals surface area contributed by atoms with Gasteiger partial charge in [0, 0.05) is 37.4 Å². The Morgan fingerprint density at radius 2 is 2.33 bits per heavy atom. The second-order valence-corrected chi connectivity index (χ2v) is 6.33. The van der Waals surface area contributed by atoms with Crippen LogP contribution in [0.15, 0.2) is 30.9 Å². The van der Waals surface area contributed by atoms with Gasteiger partial charge >= 0.3 is 6.03 Å². The second kappa shape index (κ2) is 5.92. The first-order chi connectivity index (χ1) is 10.2. The molecule has 5 heteroatoms. The molecular weight excluding hydrogens is 264 g/mol.